The minimum absolute atomic E-state index is 0.117. The van der Waals surface area contributed by atoms with Gasteiger partial charge < -0.3 is 10.1 Å². The molecule has 3 nitrogen and oxygen atoms in total. The third kappa shape index (κ3) is 2.74. The van der Waals surface area contributed by atoms with Crippen LogP contribution in [0.4, 0.5) is 0 Å². The Kier molecular flexibility index (Phi) is 3.71. The molecule has 0 saturated heterocycles. The van der Waals surface area contributed by atoms with E-state index in [0.717, 1.165) is 47.2 Å². The van der Waals surface area contributed by atoms with E-state index in [4.69, 9.17) is 0 Å². The van der Waals surface area contributed by atoms with Crippen LogP contribution in [-0.2, 0) is 0 Å². The van der Waals surface area contributed by atoms with Crippen LogP contribution < -0.4 is 0 Å². The Morgan fingerprint density at radius 3 is 2.63 bits per heavy atom. The molecule has 1 aliphatic carbocycles. The third-order valence-electron chi connectivity index (χ3n) is 3.84. The van der Waals surface area contributed by atoms with Crippen LogP contribution in [0, 0.1) is 0 Å². The maximum atomic E-state index is 9.56. The van der Waals surface area contributed by atoms with Crippen LogP contribution >= 0.6 is 15.9 Å². The monoisotopic (exact) mass is 320 g/mol. The number of imidazole rings is 1. The summed E-state index contributed by atoms with van der Waals surface area (Å²) >= 11 is 3.57. The molecule has 0 bridgehead atoms. The van der Waals surface area contributed by atoms with Gasteiger partial charge in [-0.3, -0.25) is 0 Å². The summed E-state index contributed by atoms with van der Waals surface area (Å²) in [6.45, 7) is 0. The maximum Gasteiger partial charge on any atom is 0.109 e. The number of aliphatic hydroxyl groups is 1. The summed E-state index contributed by atoms with van der Waals surface area (Å²) in [7, 11) is 0. The molecule has 100 valence electrons. The van der Waals surface area contributed by atoms with Gasteiger partial charge in [-0.2, -0.15) is 0 Å². The molecule has 0 aliphatic heterocycles. The van der Waals surface area contributed by atoms with E-state index in [0.29, 0.717) is 5.92 Å². The Morgan fingerprint density at radius 1 is 1.16 bits per heavy atom. The fourth-order valence-electron chi connectivity index (χ4n) is 2.71. The number of benzene rings is 1. The first kappa shape index (κ1) is 12.9. The van der Waals surface area contributed by atoms with Crippen LogP contribution in [0.2, 0.25) is 0 Å². The van der Waals surface area contributed by atoms with Crippen LogP contribution in [0.1, 0.15) is 37.4 Å². The second-order valence-electron chi connectivity index (χ2n) is 5.17. The Labute approximate surface area is 121 Å². The number of aromatic amines is 1. The lowest BCUT2D eigenvalue weighted by Gasteiger charge is -2.23. The average Bonchev–Trinajstić information content (AvgIpc) is 2.89. The van der Waals surface area contributed by atoms with Gasteiger partial charge in [-0.15, -0.1) is 0 Å². The van der Waals surface area contributed by atoms with Crippen molar-refractivity contribution in [3.8, 4) is 11.3 Å². The van der Waals surface area contributed by atoms with Gasteiger partial charge in [0, 0.05) is 16.0 Å². The van der Waals surface area contributed by atoms with Crippen molar-refractivity contribution in [2.24, 2.45) is 0 Å². The lowest BCUT2D eigenvalue weighted by atomic mass is 9.87. The first-order valence-corrected chi connectivity index (χ1v) is 7.51. The molecule has 0 amide bonds. The smallest absolute Gasteiger partial charge is 0.109 e. The minimum Gasteiger partial charge on any atom is -0.393 e. The van der Waals surface area contributed by atoms with Crippen molar-refractivity contribution in [2.75, 3.05) is 0 Å². The zero-order valence-corrected chi connectivity index (χ0v) is 12.2. The second kappa shape index (κ2) is 5.47. The highest BCUT2D eigenvalue weighted by atomic mass is 79.9. The summed E-state index contributed by atoms with van der Waals surface area (Å²) < 4.78 is 1.07. The Hall–Kier alpha value is -1.13. The predicted octanol–water partition coefficient (Wildman–Crippen LogP) is 3.86. The molecule has 2 N–H and O–H groups in total. The van der Waals surface area contributed by atoms with Crippen LogP contribution in [0.3, 0.4) is 0 Å². The molecule has 1 saturated carbocycles. The normalized spacial score (nSPS) is 23.5. The Bertz CT molecular complexity index is 559. The van der Waals surface area contributed by atoms with Gasteiger partial charge >= 0.3 is 0 Å². The van der Waals surface area contributed by atoms with E-state index >= 15 is 0 Å². The standard InChI is InChI=1S/C15H17BrN2O/c16-13-4-2-1-3-12(13)14-9-17-15(18-14)10-5-7-11(19)8-6-10/h1-4,9-11,19H,5-8H2,(H,17,18). The summed E-state index contributed by atoms with van der Waals surface area (Å²) in [6, 6.07) is 8.14. The molecule has 1 aromatic carbocycles. The maximum absolute atomic E-state index is 9.56. The molecule has 0 atom stereocenters. The van der Waals surface area contributed by atoms with Gasteiger partial charge in [0.15, 0.2) is 0 Å². The highest BCUT2D eigenvalue weighted by Crippen LogP contribution is 2.33. The van der Waals surface area contributed by atoms with E-state index < -0.39 is 0 Å². The van der Waals surface area contributed by atoms with E-state index in [1.807, 2.05) is 24.4 Å². The van der Waals surface area contributed by atoms with Gasteiger partial charge in [0.05, 0.1) is 18.0 Å². The summed E-state index contributed by atoms with van der Waals surface area (Å²) in [5.74, 6) is 1.51. The van der Waals surface area contributed by atoms with Crippen molar-refractivity contribution in [2.45, 2.75) is 37.7 Å². The zero-order chi connectivity index (χ0) is 13.2. The van der Waals surface area contributed by atoms with Gasteiger partial charge in [0.2, 0.25) is 0 Å². The lowest BCUT2D eigenvalue weighted by Crippen LogP contribution is -2.17. The topological polar surface area (TPSA) is 48.9 Å². The molecule has 0 unspecified atom stereocenters. The van der Waals surface area contributed by atoms with Crippen LogP contribution in [0.25, 0.3) is 11.3 Å². The van der Waals surface area contributed by atoms with Gasteiger partial charge in [-0.25, -0.2) is 4.98 Å². The Morgan fingerprint density at radius 2 is 1.89 bits per heavy atom. The van der Waals surface area contributed by atoms with E-state index in [9.17, 15) is 5.11 Å². The molecular formula is C15H17BrN2O. The first-order valence-electron chi connectivity index (χ1n) is 6.72. The third-order valence-corrected chi connectivity index (χ3v) is 4.53. The van der Waals surface area contributed by atoms with Gasteiger partial charge in [0.25, 0.3) is 0 Å². The highest BCUT2D eigenvalue weighted by Gasteiger charge is 2.23. The summed E-state index contributed by atoms with van der Waals surface area (Å²) in [5.41, 5.74) is 2.19. The molecule has 1 aromatic heterocycles. The largest absolute Gasteiger partial charge is 0.393 e. The number of nitrogens with zero attached hydrogens (tertiary/aromatic N) is 1. The van der Waals surface area contributed by atoms with E-state index in [1.165, 1.54) is 0 Å². The van der Waals surface area contributed by atoms with Crippen molar-refractivity contribution < 1.29 is 5.11 Å². The van der Waals surface area contributed by atoms with Crippen molar-refractivity contribution in [1.82, 2.24) is 9.97 Å². The number of hydrogen-bond donors (Lipinski definition) is 2. The molecule has 4 heteroatoms. The molecule has 3 rings (SSSR count). The molecule has 1 fully saturated rings. The van der Waals surface area contributed by atoms with Crippen molar-refractivity contribution in [1.29, 1.82) is 0 Å². The number of nitrogens with one attached hydrogen (secondary N) is 1. The van der Waals surface area contributed by atoms with Crippen molar-refractivity contribution in [3.05, 3.63) is 40.8 Å². The molecule has 1 heterocycles. The van der Waals surface area contributed by atoms with Gasteiger partial charge in [0.1, 0.15) is 5.82 Å². The number of hydrogen-bond acceptors (Lipinski definition) is 2. The average molecular weight is 321 g/mol. The number of halogens is 1. The predicted molar refractivity (Wildman–Crippen MR) is 78.9 cm³/mol. The van der Waals surface area contributed by atoms with Crippen molar-refractivity contribution in [3.63, 3.8) is 0 Å². The van der Waals surface area contributed by atoms with E-state index in [2.05, 4.69) is 32.0 Å². The SMILES string of the molecule is OC1CCC(c2ncc(-c3ccccc3Br)[nH]2)CC1. The van der Waals surface area contributed by atoms with Crippen LogP contribution in [0.5, 0.6) is 0 Å². The zero-order valence-electron chi connectivity index (χ0n) is 10.6. The minimum atomic E-state index is -0.117. The molecule has 2 aromatic rings. The quantitative estimate of drug-likeness (QED) is 0.882. The number of rotatable bonds is 2. The molecule has 0 radical (unpaired) electrons. The van der Waals surface area contributed by atoms with Gasteiger partial charge in [-0.05, 0) is 31.7 Å². The first-order chi connectivity index (χ1) is 9.24. The Balaban J connectivity index is 1.82. The molecule has 1 aliphatic rings. The van der Waals surface area contributed by atoms with Crippen LogP contribution in [-0.4, -0.2) is 21.2 Å². The van der Waals surface area contributed by atoms with E-state index in [1.54, 1.807) is 0 Å². The second-order valence-corrected chi connectivity index (χ2v) is 6.02. The molecular weight excluding hydrogens is 304 g/mol. The number of aliphatic hydroxyl groups excluding tert-OH is 1. The number of aromatic nitrogens is 2. The van der Waals surface area contributed by atoms with Crippen molar-refractivity contribution >= 4 is 15.9 Å². The number of H-pyrrole nitrogens is 1. The fourth-order valence-corrected chi connectivity index (χ4v) is 3.21. The van der Waals surface area contributed by atoms with Gasteiger partial charge in [-0.1, -0.05) is 34.1 Å². The fraction of sp³-hybridized carbons (Fsp3) is 0.400. The summed E-state index contributed by atoms with van der Waals surface area (Å²) in [5, 5.41) is 9.56. The molecule has 19 heavy (non-hydrogen) atoms. The molecule has 0 spiro atoms. The highest BCUT2D eigenvalue weighted by molar-refractivity contribution is 9.10. The summed E-state index contributed by atoms with van der Waals surface area (Å²) in [6.07, 6.45) is 5.59. The van der Waals surface area contributed by atoms with E-state index in [-0.39, 0.29) is 6.10 Å². The van der Waals surface area contributed by atoms with Crippen LogP contribution in [0.15, 0.2) is 34.9 Å². The lowest BCUT2D eigenvalue weighted by molar-refractivity contribution is 0.121. The summed E-state index contributed by atoms with van der Waals surface area (Å²) in [4.78, 5) is 7.96.